The fraction of sp³-hybridized carbons (Fsp3) is 0. The molecule has 1 N–H and O–H groups in total. The summed E-state index contributed by atoms with van der Waals surface area (Å²) < 4.78 is 2.78. The maximum absolute atomic E-state index is 9.48. The molecular formula is C22H15BrClN3OS. The van der Waals surface area contributed by atoms with Gasteiger partial charge in [-0.3, -0.25) is 0 Å². The van der Waals surface area contributed by atoms with Gasteiger partial charge in [0, 0.05) is 15.4 Å². The Bertz CT molecular complexity index is 1250. The number of para-hydroxylation sites is 1. The van der Waals surface area contributed by atoms with Crippen molar-refractivity contribution in [3.05, 3.63) is 98.0 Å². The van der Waals surface area contributed by atoms with E-state index in [4.69, 9.17) is 16.6 Å². The highest BCUT2D eigenvalue weighted by Gasteiger charge is 2.09. The number of hydrogen-bond acceptors (Lipinski definition) is 4. The highest BCUT2D eigenvalue weighted by atomic mass is 79.9. The number of halogens is 2. The van der Waals surface area contributed by atoms with Crippen LogP contribution in [0.25, 0.3) is 11.3 Å². The van der Waals surface area contributed by atoms with E-state index in [0.717, 1.165) is 21.3 Å². The first-order chi connectivity index (χ1) is 14.1. The number of aromatic hydroxyl groups is 1. The number of rotatable bonds is 4. The van der Waals surface area contributed by atoms with E-state index in [1.165, 1.54) is 11.3 Å². The number of phenolic OH excluding ortho intramolecular Hbond substituents is 1. The molecule has 0 aliphatic carbocycles. The van der Waals surface area contributed by atoms with Gasteiger partial charge in [-0.15, -0.1) is 11.3 Å². The van der Waals surface area contributed by atoms with Gasteiger partial charge >= 0.3 is 0 Å². The van der Waals surface area contributed by atoms with Gasteiger partial charge < -0.3 is 5.11 Å². The zero-order chi connectivity index (χ0) is 20.2. The summed E-state index contributed by atoms with van der Waals surface area (Å²) in [4.78, 5) is 5.42. The molecule has 1 aromatic heterocycles. The third-order valence-corrected chi connectivity index (χ3v) is 5.72. The van der Waals surface area contributed by atoms with Crippen molar-refractivity contribution in [1.29, 1.82) is 0 Å². The van der Waals surface area contributed by atoms with Crippen LogP contribution in [0.15, 0.2) is 92.7 Å². The van der Waals surface area contributed by atoms with Crippen molar-refractivity contribution in [1.82, 2.24) is 4.68 Å². The molecule has 0 atom stereocenters. The number of aromatic nitrogens is 1. The molecule has 4 aromatic rings. The van der Waals surface area contributed by atoms with E-state index in [0.29, 0.717) is 15.5 Å². The van der Waals surface area contributed by atoms with E-state index >= 15 is 0 Å². The lowest BCUT2D eigenvalue weighted by molar-refractivity contribution is 0.475. The minimum Gasteiger partial charge on any atom is -0.508 e. The summed E-state index contributed by atoms with van der Waals surface area (Å²) in [5.74, 6) is 0.217. The van der Waals surface area contributed by atoms with E-state index in [1.807, 2.05) is 53.9 Å². The van der Waals surface area contributed by atoms with Crippen molar-refractivity contribution in [3.63, 3.8) is 0 Å². The first-order valence-electron chi connectivity index (χ1n) is 8.69. The van der Waals surface area contributed by atoms with Gasteiger partial charge in [0.15, 0.2) is 0 Å². The minimum atomic E-state index is 0.217. The van der Waals surface area contributed by atoms with Gasteiger partial charge in [0.25, 0.3) is 0 Å². The lowest BCUT2D eigenvalue weighted by Gasteiger charge is -2.04. The zero-order valence-electron chi connectivity index (χ0n) is 15.0. The Balaban J connectivity index is 1.86. The Morgan fingerprint density at radius 2 is 1.79 bits per heavy atom. The Morgan fingerprint density at radius 3 is 2.55 bits per heavy atom. The monoisotopic (exact) mass is 483 g/mol. The highest BCUT2D eigenvalue weighted by molar-refractivity contribution is 9.10. The van der Waals surface area contributed by atoms with Crippen molar-refractivity contribution in [2.24, 2.45) is 10.1 Å². The van der Waals surface area contributed by atoms with Crippen LogP contribution in [0.4, 0.5) is 5.69 Å². The second-order valence-corrected chi connectivity index (χ2v) is 8.28. The number of benzene rings is 3. The van der Waals surface area contributed by atoms with Crippen molar-refractivity contribution < 1.29 is 5.11 Å². The molecule has 29 heavy (non-hydrogen) atoms. The number of hydrogen-bond donors (Lipinski definition) is 1. The summed E-state index contributed by atoms with van der Waals surface area (Å²) in [5.41, 5.74) is 3.48. The molecule has 0 unspecified atom stereocenters. The van der Waals surface area contributed by atoms with Crippen molar-refractivity contribution >= 4 is 50.8 Å². The summed E-state index contributed by atoms with van der Waals surface area (Å²) in [6.07, 6.45) is 1.74. The van der Waals surface area contributed by atoms with Crippen LogP contribution in [-0.2, 0) is 0 Å². The molecule has 0 fully saturated rings. The Hall–Kier alpha value is -2.67. The topological polar surface area (TPSA) is 49.9 Å². The number of thiazole rings is 1. The summed E-state index contributed by atoms with van der Waals surface area (Å²) >= 11 is 11.3. The normalized spacial score (nSPS) is 12.0. The maximum atomic E-state index is 9.48. The predicted octanol–water partition coefficient (Wildman–Crippen LogP) is 6.45. The van der Waals surface area contributed by atoms with Crippen LogP contribution in [0.5, 0.6) is 5.75 Å². The van der Waals surface area contributed by atoms with Gasteiger partial charge in [0.1, 0.15) is 5.75 Å². The van der Waals surface area contributed by atoms with Crippen molar-refractivity contribution in [3.8, 4) is 17.0 Å². The largest absolute Gasteiger partial charge is 0.508 e. The summed E-state index contributed by atoms with van der Waals surface area (Å²) in [6.45, 7) is 0. The molecule has 7 heteroatoms. The van der Waals surface area contributed by atoms with E-state index in [-0.39, 0.29) is 5.75 Å². The van der Waals surface area contributed by atoms with Crippen molar-refractivity contribution in [2.45, 2.75) is 0 Å². The lowest BCUT2D eigenvalue weighted by atomic mass is 10.2. The molecule has 4 rings (SSSR count). The van der Waals surface area contributed by atoms with Gasteiger partial charge in [0.05, 0.1) is 22.6 Å². The van der Waals surface area contributed by atoms with Gasteiger partial charge in [-0.2, -0.15) is 5.10 Å². The van der Waals surface area contributed by atoms with Crippen LogP contribution in [0.1, 0.15) is 5.56 Å². The van der Waals surface area contributed by atoms with Gasteiger partial charge in [-0.05, 0) is 54.1 Å². The van der Waals surface area contributed by atoms with Gasteiger partial charge in [-0.1, -0.05) is 51.8 Å². The van der Waals surface area contributed by atoms with E-state index in [2.05, 4.69) is 21.0 Å². The SMILES string of the molecule is Oc1ccc(/C=N/n2c(-c3cccc(Br)c3)csc2=Nc2ccccc2Cl)cc1. The molecule has 4 nitrogen and oxygen atoms in total. The molecule has 0 spiro atoms. The van der Waals surface area contributed by atoms with Crippen LogP contribution in [0, 0.1) is 0 Å². The Kier molecular flexibility index (Phi) is 5.94. The molecule has 0 saturated carbocycles. The zero-order valence-corrected chi connectivity index (χ0v) is 18.2. The maximum Gasteiger partial charge on any atom is 0.211 e. The first-order valence-corrected chi connectivity index (χ1v) is 10.7. The van der Waals surface area contributed by atoms with Gasteiger partial charge in [0.2, 0.25) is 4.80 Å². The average Bonchev–Trinajstić information content (AvgIpc) is 3.12. The fourth-order valence-electron chi connectivity index (χ4n) is 2.67. The minimum absolute atomic E-state index is 0.217. The van der Waals surface area contributed by atoms with Crippen LogP contribution in [-0.4, -0.2) is 16.0 Å². The van der Waals surface area contributed by atoms with E-state index in [9.17, 15) is 5.11 Å². The molecule has 3 aromatic carbocycles. The van der Waals surface area contributed by atoms with Crippen LogP contribution in [0.2, 0.25) is 5.02 Å². The number of phenols is 1. The Morgan fingerprint density at radius 1 is 1.00 bits per heavy atom. The van der Waals surface area contributed by atoms with Crippen LogP contribution < -0.4 is 4.80 Å². The van der Waals surface area contributed by atoms with Crippen LogP contribution in [0.3, 0.4) is 0 Å². The molecule has 0 saturated heterocycles. The van der Waals surface area contributed by atoms with Crippen LogP contribution >= 0.6 is 38.9 Å². The average molecular weight is 485 g/mol. The number of nitrogens with zero attached hydrogens (tertiary/aromatic N) is 3. The lowest BCUT2D eigenvalue weighted by Crippen LogP contribution is -2.11. The summed E-state index contributed by atoms with van der Waals surface area (Å²) in [7, 11) is 0. The second-order valence-electron chi connectivity index (χ2n) is 6.12. The molecular weight excluding hydrogens is 470 g/mol. The molecule has 0 bridgehead atoms. The van der Waals surface area contributed by atoms with E-state index < -0.39 is 0 Å². The first kappa shape index (κ1) is 19.6. The van der Waals surface area contributed by atoms with Crippen molar-refractivity contribution in [2.75, 3.05) is 0 Å². The third kappa shape index (κ3) is 4.67. The van der Waals surface area contributed by atoms with Gasteiger partial charge in [-0.25, -0.2) is 9.67 Å². The molecule has 0 aliphatic heterocycles. The highest BCUT2D eigenvalue weighted by Crippen LogP contribution is 2.26. The third-order valence-electron chi connectivity index (χ3n) is 4.09. The standard InChI is InChI=1S/C22H15BrClN3OS/c23-17-5-3-4-16(12-17)21-14-29-22(26-20-7-2-1-6-19(20)24)27(21)25-13-15-8-10-18(28)11-9-15/h1-14,28H/b25-13+,26-22?. The second kappa shape index (κ2) is 8.78. The molecule has 0 radical (unpaired) electrons. The smallest absolute Gasteiger partial charge is 0.211 e. The molecule has 144 valence electrons. The Labute approximate surface area is 185 Å². The summed E-state index contributed by atoms with van der Waals surface area (Å²) in [5, 5.41) is 16.7. The molecule has 0 aliphatic rings. The molecule has 1 heterocycles. The fourth-order valence-corrected chi connectivity index (χ4v) is 4.09. The van der Waals surface area contributed by atoms with E-state index in [1.54, 1.807) is 35.2 Å². The summed E-state index contributed by atoms with van der Waals surface area (Å²) in [6, 6.07) is 22.3. The molecule has 0 amide bonds. The predicted molar refractivity (Wildman–Crippen MR) is 123 cm³/mol. The quantitative estimate of drug-likeness (QED) is 0.332.